The van der Waals surface area contributed by atoms with Gasteiger partial charge >= 0.3 is 5.97 Å². The Labute approximate surface area is 177 Å². The summed E-state index contributed by atoms with van der Waals surface area (Å²) in [5.41, 5.74) is 2.67. The topological polar surface area (TPSA) is 70.4 Å². The van der Waals surface area contributed by atoms with E-state index >= 15 is 0 Å². The number of likely N-dealkylation sites (tertiary alicyclic amines) is 1. The summed E-state index contributed by atoms with van der Waals surface area (Å²) in [6.45, 7) is 3.00. The Morgan fingerprint density at radius 1 is 1.13 bits per heavy atom. The van der Waals surface area contributed by atoms with Crippen LogP contribution in [0.15, 0.2) is 60.7 Å². The van der Waals surface area contributed by atoms with Crippen molar-refractivity contribution in [1.29, 1.82) is 5.26 Å². The minimum atomic E-state index is -0.811. The fourth-order valence-electron chi connectivity index (χ4n) is 3.66. The Hall–Kier alpha value is -3.39. The molecular weight excluding hydrogens is 376 g/mol. The summed E-state index contributed by atoms with van der Waals surface area (Å²) in [7, 11) is 0. The van der Waals surface area contributed by atoms with Crippen LogP contribution in [0.25, 0.3) is 6.08 Å². The first kappa shape index (κ1) is 21.3. The minimum absolute atomic E-state index is 0.145. The predicted octanol–water partition coefficient (Wildman–Crippen LogP) is 3.98. The summed E-state index contributed by atoms with van der Waals surface area (Å²) < 4.78 is 5.29. The summed E-state index contributed by atoms with van der Waals surface area (Å²) in [6.07, 6.45) is 5.05. The molecule has 5 nitrogen and oxygen atoms in total. The highest BCUT2D eigenvalue weighted by Gasteiger charge is 2.27. The van der Waals surface area contributed by atoms with Crippen molar-refractivity contribution >= 4 is 18.0 Å². The molecule has 30 heavy (non-hydrogen) atoms. The Morgan fingerprint density at radius 2 is 1.80 bits per heavy atom. The van der Waals surface area contributed by atoms with Gasteiger partial charge in [-0.3, -0.25) is 4.79 Å². The number of esters is 1. The Balaban J connectivity index is 1.44. The number of amides is 1. The van der Waals surface area contributed by atoms with Gasteiger partial charge in [0.2, 0.25) is 0 Å². The zero-order valence-electron chi connectivity index (χ0n) is 17.2. The van der Waals surface area contributed by atoms with Gasteiger partial charge in [0, 0.05) is 19.2 Å². The van der Waals surface area contributed by atoms with Gasteiger partial charge in [-0.1, -0.05) is 42.5 Å². The zero-order valence-corrected chi connectivity index (χ0v) is 17.2. The molecule has 1 atom stereocenters. The van der Waals surface area contributed by atoms with Crippen LogP contribution >= 0.6 is 0 Å². The highest BCUT2D eigenvalue weighted by Crippen LogP contribution is 2.22. The van der Waals surface area contributed by atoms with Gasteiger partial charge in [0.05, 0.1) is 11.6 Å². The highest BCUT2D eigenvalue weighted by molar-refractivity contribution is 5.90. The van der Waals surface area contributed by atoms with Gasteiger partial charge in [-0.15, -0.1) is 0 Å². The molecule has 2 aromatic rings. The summed E-state index contributed by atoms with van der Waals surface area (Å²) in [5, 5.41) is 8.81. The van der Waals surface area contributed by atoms with Gasteiger partial charge in [0.15, 0.2) is 6.10 Å². The first-order chi connectivity index (χ1) is 14.5. The van der Waals surface area contributed by atoms with E-state index in [1.165, 1.54) is 11.6 Å². The Kier molecular flexibility index (Phi) is 7.40. The van der Waals surface area contributed by atoms with Crippen LogP contribution in [0.5, 0.6) is 0 Å². The number of hydrogen-bond donors (Lipinski definition) is 0. The molecular formula is C25H26N2O3. The van der Waals surface area contributed by atoms with Crippen LogP contribution in [0.4, 0.5) is 0 Å². The van der Waals surface area contributed by atoms with E-state index in [4.69, 9.17) is 10.00 Å². The van der Waals surface area contributed by atoms with Crippen molar-refractivity contribution in [3.8, 4) is 6.07 Å². The van der Waals surface area contributed by atoms with E-state index in [1.807, 2.05) is 12.1 Å². The number of rotatable bonds is 6. The number of nitrogens with zero attached hydrogens (tertiary/aromatic N) is 2. The van der Waals surface area contributed by atoms with Crippen LogP contribution in [0, 0.1) is 17.2 Å². The third-order valence-electron chi connectivity index (χ3n) is 5.39. The molecule has 0 saturated carbocycles. The summed E-state index contributed by atoms with van der Waals surface area (Å²) in [6, 6.07) is 19.3. The van der Waals surface area contributed by atoms with Crippen LogP contribution in [0.3, 0.4) is 0 Å². The lowest BCUT2D eigenvalue weighted by Gasteiger charge is -2.33. The van der Waals surface area contributed by atoms with Gasteiger partial charge in [-0.05, 0) is 61.4 Å². The zero-order chi connectivity index (χ0) is 21.3. The van der Waals surface area contributed by atoms with Crippen molar-refractivity contribution in [2.75, 3.05) is 13.1 Å². The van der Waals surface area contributed by atoms with E-state index in [1.54, 1.807) is 42.2 Å². The lowest BCUT2D eigenvalue weighted by molar-refractivity contribution is -0.156. The molecule has 1 amide bonds. The van der Waals surface area contributed by atoms with Crippen molar-refractivity contribution < 1.29 is 14.3 Å². The molecule has 1 fully saturated rings. The van der Waals surface area contributed by atoms with Crippen molar-refractivity contribution in [3.05, 3.63) is 77.4 Å². The van der Waals surface area contributed by atoms with E-state index in [2.05, 4.69) is 24.3 Å². The molecule has 3 rings (SSSR count). The maximum absolute atomic E-state index is 12.6. The van der Waals surface area contributed by atoms with Crippen molar-refractivity contribution in [3.63, 3.8) is 0 Å². The first-order valence-electron chi connectivity index (χ1n) is 10.3. The Bertz CT molecular complexity index is 921. The Morgan fingerprint density at radius 3 is 2.43 bits per heavy atom. The van der Waals surface area contributed by atoms with Crippen LogP contribution in [0.2, 0.25) is 0 Å². The van der Waals surface area contributed by atoms with Crippen LogP contribution in [-0.2, 0) is 20.7 Å². The van der Waals surface area contributed by atoms with E-state index < -0.39 is 12.1 Å². The van der Waals surface area contributed by atoms with E-state index in [9.17, 15) is 9.59 Å². The molecule has 5 heteroatoms. The first-order valence-corrected chi connectivity index (χ1v) is 10.3. The number of nitriles is 1. The lowest BCUT2D eigenvalue weighted by Crippen LogP contribution is -2.44. The molecule has 1 aliphatic heterocycles. The molecule has 154 valence electrons. The molecule has 0 spiro atoms. The molecule has 0 N–H and O–H groups in total. The second-order valence-electron chi connectivity index (χ2n) is 7.60. The molecule has 1 heterocycles. The molecule has 1 saturated heterocycles. The molecule has 0 aliphatic carbocycles. The number of hydrogen-bond acceptors (Lipinski definition) is 4. The van der Waals surface area contributed by atoms with Gasteiger partial charge in [-0.2, -0.15) is 5.26 Å². The smallest absolute Gasteiger partial charge is 0.331 e. The number of benzene rings is 2. The second-order valence-corrected chi connectivity index (χ2v) is 7.60. The number of ether oxygens (including phenoxy) is 1. The third kappa shape index (κ3) is 6.05. The minimum Gasteiger partial charge on any atom is -0.449 e. The molecule has 2 aromatic carbocycles. The van der Waals surface area contributed by atoms with Gasteiger partial charge in [0.25, 0.3) is 5.91 Å². The number of piperidine rings is 1. The average molecular weight is 402 g/mol. The van der Waals surface area contributed by atoms with Crippen LogP contribution in [0.1, 0.15) is 36.5 Å². The SMILES string of the molecule is C[C@@H](OC(=O)/C=C/c1ccc(C#N)cc1)C(=O)N1CCC(Cc2ccccc2)CC1. The van der Waals surface area contributed by atoms with E-state index in [0.717, 1.165) is 24.8 Å². The van der Waals surface area contributed by atoms with Crippen LogP contribution in [-0.4, -0.2) is 36.0 Å². The second kappa shape index (κ2) is 10.4. The third-order valence-corrected chi connectivity index (χ3v) is 5.39. The van der Waals surface area contributed by atoms with E-state index in [-0.39, 0.29) is 5.91 Å². The molecule has 0 aromatic heterocycles. The average Bonchev–Trinajstić information content (AvgIpc) is 2.78. The number of carbonyl (C=O) groups is 2. The standard InChI is InChI=1S/C25H26N2O3/c1-19(30-24(28)12-11-20-7-9-23(18-26)10-8-20)25(29)27-15-13-22(14-16-27)17-21-5-3-2-4-6-21/h2-12,19,22H,13-17H2,1H3/b12-11+/t19-/m1/s1. The summed E-state index contributed by atoms with van der Waals surface area (Å²) in [5.74, 6) is -0.128. The van der Waals surface area contributed by atoms with Gasteiger partial charge in [0.1, 0.15) is 0 Å². The molecule has 0 bridgehead atoms. The van der Waals surface area contributed by atoms with Gasteiger partial charge in [-0.25, -0.2) is 4.79 Å². The quantitative estimate of drug-likeness (QED) is 0.541. The molecule has 0 unspecified atom stereocenters. The van der Waals surface area contributed by atoms with Crippen molar-refractivity contribution in [1.82, 2.24) is 4.90 Å². The normalized spacial score (nSPS) is 15.5. The maximum Gasteiger partial charge on any atom is 0.331 e. The number of carbonyl (C=O) groups excluding carboxylic acids is 2. The summed E-state index contributed by atoms with van der Waals surface area (Å²) >= 11 is 0. The predicted molar refractivity (Wildman–Crippen MR) is 115 cm³/mol. The van der Waals surface area contributed by atoms with Crippen LogP contribution < -0.4 is 0 Å². The lowest BCUT2D eigenvalue weighted by atomic mass is 9.90. The summed E-state index contributed by atoms with van der Waals surface area (Å²) in [4.78, 5) is 26.5. The van der Waals surface area contributed by atoms with E-state index in [0.29, 0.717) is 24.6 Å². The highest BCUT2D eigenvalue weighted by atomic mass is 16.5. The fourth-order valence-corrected chi connectivity index (χ4v) is 3.66. The van der Waals surface area contributed by atoms with Crippen molar-refractivity contribution in [2.24, 2.45) is 5.92 Å². The largest absolute Gasteiger partial charge is 0.449 e. The maximum atomic E-state index is 12.6. The van der Waals surface area contributed by atoms with Gasteiger partial charge < -0.3 is 9.64 Å². The molecule has 0 radical (unpaired) electrons. The molecule has 1 aliphatic rings. The van der Waals surface area contributed by atoms with Crippen molar-refractivity contribution in [2.45, 2.75) is 32.3 Å². The fraction of sp³-hybridized carbons (Fsp3) is 0.320. The monoisotopic (exact) mass is 402 g/mol.